The second kappa shape index (κ2) is 6.01. The summed E-state index contributed by atoms with van der Waals surface area (Å²) in [6.07, 6.45) is 4.96. The highest BCUT2D eigenvalue weighted by atomic mass is 16.6. The van der Waals surface area contributed by atoms with Gasteiger partial charge in [0, 0.05) is 20.1 Å². The first-order valence-corrected chi connectivity index (χ1v) is 6.85. The van der Waals surface area contributed by atoms with Gasteiger partial charge in [-0.3, -0.25) is 15.5 Å². The van der Waals surface area contributed by atoms with Gasteiger partial charge >= 0.3 is 5.69 Å². The summed E-state index contributed by atoms with van der Waals surface area (Å²) in [5, 5.41) is 17.6. The Balaban J connectivity index is 2.24. The summed E-state index contributed by atoms with van der Waals surface area (Å²) in [6, 6.07) is 0. The molecule has 0 aliphatic carbocycles. The zero-order valence-corrected chi connectivity index (χ0v) is 11.6. The number of aryl methyl sites for hydroxylation is 2. The Hall–Kier alpha value is -1.63. The number of aromatic nitrogens is 2. The first-order valence-electron chi connectivity index (χ1n) is 6.85. The highest BCUT2D eigenvalue weighted by Gasteiger charge is 2.27. The van der Waals surface area contributed by atoms with Gasteiger partial charge in [0.05, 0.1) is 4.92 Å². The summed E-state index contributed by atoms with van der Waals surface area (Å²) in [6.45, 7) is 3.84. The molecule has 1 N–H and O–H groups in total. The maximum Gasteiger partial charge on any atom is 0.335 e. The van der Waals surface area contributed by atoms with Crippen LogP contribution >= 0.6 is 0 Å². The van der Waals surface area contributed by atoms with Crippen LogP contribution in [0.3, 0.4) is 0 Å². The normalized spacial score (nSPS) is 16.5. The van der Waals surface area contributed by atoms with Crippen molar-refractivity contribution in [1.29, 1.82) is 0 Å². The quantitative estimate of drug-likeness (QED) is 0.653. The molecule has 1 aliphatic heterocycles. The van der Waals surface area contributed by atoms with E-state index in [0.29, 0.717) is 17.9 Å². The van der Waals surface area contributed by atoms with Gasteiger partial charge in [-0.05, 0) is 19.3 Å². The molecule has 1 aromatic rings. The fraction of sp³-hybridized carbons (Fsp3) is 0.750. The molecule has 1 fully saturated rings. The molecule has 19 heavy (non-hydrogen) atoms. The molecule has 0 saturated carbocycles. The highest BCUT2D eigenvalue weighted by molar-refractivity contribution is 5.59. The number of anilines is 1. The molecule has 7 nitrogen and oxygen atoms in total. The monoisotopic (exact) mass is 267 g/mol. The van der Waals surface area contributed by atoms with Crippen molar-refractivity contribution in [2.75, 3.05) is 18.5 Å². The topological polar surface area (TPSA) is 76.2 Å². The fourth-order valence-electron chi connectivity index (χ4n) is 2.45. The third-order valence-corrected chi connectivity index (χ3v) is 3.38. The van der Waals surface area contributed by atoms with E-state index in [1.165, 1.54) is 6.42 Å². The minimum absolute atomic E-state index is 0.120. The van der Waals surface area contributed by atoms with Gasteiger partial charge in [-0.25, -0.2) is 9.69 Å². The summed E-state index contributed by atoms with van der Waals surface area (Å²) in [5.41, 5.74) is 3.85. The molecule has 0 aromatic carbocycles. The van der Waals surface area contributed by atoms with Gasteiger partial charge in [0.15, 0.2) is 0 Å². The van der Waals surface area contributed by atoms with Crippen molar-refractivity contribution in [3.8, 4) is 0 Å². The Morgan fingerprint density at radius 2 is 2.05 bits per heavy atom. The third-order valence-electron chi connectivity index (χ3n) is 3.38. The van der Waals surface area contributed by atoms with Crippen LogP contribution in [0.4, 0.5) is 11.5 Å². The second-order valence-corrected chi connectivity index (χ2v) is 4.93. The van der Waals surface area contributed by atoms with Crippen LogP contribution in [0.15, 0.2) is 0 Å². The van der Waals surface area contributed by atoms with Gasteiger partial charge in [0.25, 0.3) is 0 Å². The van der Waals surface area contributed by atoms with E-state index in [1.807, 2.05) is 11.9 Å². The Morgan fingerprint density at radius 3 is 2.63 bits per heavy atom. The van der Waals surface area contributed by atoms with Gasteiger partial charge in [0.1, 0.15) is 5.69 Å². The molecule has 0 radical (unpaired) electrons. The molecule has 1 aromatic heterocycles. The highest BCUT2D eigenvalue weighted by Crippen LogP contribution is 2.29. The second-order valence-electron chi connectivity index (χ2n) is 4.93. The largest absolute Gasteiger partial charge is 0.335 e. The molecule has 0 bridgehead atoms. The predicted molar refractivity (Wildman–Crippen MR) is 72.9 cm³/mol. The van der Waals surface area contributed by atoms with Gasteiger partial charge in [-0.1, -0.05) is 19.8 Å². The minimum Gasteiger partial charge on any atom is -0.298 e. The van der Waals surface area contributed by atoms with Crippen molar-refractivity contribution in [1.82, 2.24) is 14.8 Å². The molecule has 106 valence electrons. The first kappa shape index (κ1) is 13.8. The number of nitrogens with one attached hydrogen (secondary N) is 1. The van der Waals surface area contributed by atoms with Crippen molar-refractivity contribution in [2.45, 2.75) is 39.0 Å². The number of nitro groups is 1. The van der Waals surface area contributed by atoms with Crippen molar-refractivity contribution in [2.24, 2.45) is 7.05 Å². The number of piperidine rings is 1. The molecule has 1 aliphatic rings. The lowest BCUT2D eigenvalue weighted by Crippen LogP contribution is -2.35. The minimum atomic E-state index is -0.329. The maximum atomic E-state index is 11.3. The summed E-state index contributed by atoms with van der Waals surface area (Å²) < 4.78 is 1.58. The third kappa shape index (κ3) is 3.04. The molecular weight excluding hydrogens is 246 g/mol. The molecule has 0 amide bonds. The maximum absolute atomic E-state index is 11.3. The summed E-state index contributed by atoms with van der Waals surface area (Å²) >= 11 is 0. The zero-order valence-electron chi connectivity index (χ0n) is 11.6. The van der Waals surface area contributed by atoms with Crippen LogP contribution in [0.1, 0.15) is 38.3 Å². The van der Waals surface area contributed by atoms with E-state index < -0.39 is 0 Å². The number of nitrogens with zero attached hydrogens (tertiary/aromatic N) is 4. The van der Waals surface area contributed by atoms with E-state index in [1.54, 1.807) is 11.7 Å². The standard InChI is InChI=1S/C12H21N5O2/c1-3-7-10-11(17(18)19)12(15(2)13-10)14-16-8-5-4-6-9-16/h14H,3-9H2,1-2H3. The molecule has 0 unspecified atom stereocenters. The Morgan fingerprint density at radius 1 is 1.37 bits per heavy atom. The van der Waals surface area contributed by atoms with E-state index >= 15 is 0 Å². The molecule has 7 heteroatoms. The van der Waals surface area contributed by atoms with E-state index in [-0.39, 0.29) is 10.6 Å². The van der Waals surface area contributed by atoms with Crippen LogP contribution < -0.4 is 5.43 Å². The van der Waals surface area contributed by atoms with Gasteiger partial charge in [-0.2, -0.15) is 5.10 Å². The van der Waals surface area contributed by atoms with Gasteiger partial charge in [0.2, 0.25) is 5.82 Å². The Labute approximate surface area is 112 Å². The lowest BCUT2D eigenvalue weighted by molar-refractivity contribution is -0.384. The summed E-state index contributed by atoms with van der Waals surface area (Å²) in [5.74, 6) is 0.496. The number of rotatable bonds is 5. The van der Waals surface area contributed by atoms with E-state index in [0.717, 1.165) is 32.4 Å². The van der Waals surface area contributed by atoms with Crippen LogP contribution in [0.5, 0.6) is 0 Å². The van der Waals surface area contributed by atoms with Crippen LogP contribution in [-0.2, 0) is 13.5 Å². The number of hydrazine groups is 1. The van der Waals surface area contributed by atoms with E-state index in [2.05, 4.69) is 10.5 Å². The van der Waals surface area contributed by atoms with Crippen LogP contribution in [-0.4, -0.2) is 32.8 Å². The predicted octanol–water partition coefficient (Wildman–Crippen LogP) is 2.09. The Kier molecular flexibility index (Phi) is 4.36. The SMILES string of the molecule is CCCc1nn(C)c(NN2CCCCC2)c1[N+](=O)[O-]. The zero-order chi connectivity index (χ0) is 13.8. The van der Waals surface area contributed by atoms with E-state index in [9.17, 15) is 10.1 Å². The van der Waals surface area contributed by atoms with Crippen LogP contribution in [0.25, 0.3) is 0 Å². The average Bonchev–Trinajstić information content (AvgIpc) is 2.68. The molecule has 0 atom stereocenters. The lowest BCUT2D eigenvalue weighted by atomic mass is 10.2. The summed E-state index contributed by atoms with van der Waals surface area (Å²) in [7, 11) is 1.75. The van der Waals surface area contributed by atoms with E-state index in [4.69, 9.17) is 0 Å². The van der Waals surface area contributed by atoms with Gasteiger partial charge in [-0.15, -0.1) is 0 Å². The molecule has 1 saturated heterocycles. The smallest absolute Gasteiger partial charge is 0.298 e. The number of hydrogen-bond acceptors (Lipinski definition) is 5. The van der Waals surface area contributed by atoms with Crippen LogP contribution in [0, 0.1) is 10.1 Å². The molecule has 2 rings (SSSR count). The lowest BCUT2D eigenvalue weighted by Gasteiger charge is -2.27. The van der Waals surface area contributed by atoms with Crippen molar-refractivity contribution >= 4 is 11.5 Å². The Bertz CT molecular complexity index is 451. The molecule has 2 heterocycles. The number of hydrogen-bond donors (Lipinski definition) is 1. The molecular formula is C12H21N5O2. The van der Waals surface area contributed by atoms with Crippen molar-refractivity contribution < 1.29 is 4.92 Å². The molecule has 0 spiro atoms. The van der Waals surface area contributed by atoms with Crippen molar-refractivity contribution in [3.63, 3.8) is 0 Å². The van der Waals surface area contributed by atoms with Crippen LogP contribution in [0.2, 0.25) is 0 Å². The average molecular weight is 267 g/mol. The van der Waals surface area contributed by atoms with Gasteiger partial charge < -0.3 is 0 Å². The van der Waals surface area contributed by atoms with Crippen molar-refractivity contribution in [3.05, 3.63) is 15.8 Å². The fourth-order valence-corrected chi connectivity index (χ4v) is 2.45. The first-order chi connectivity index (χ1) is 9.13. The summed E-state index contributed by atoms with van der Waals surface area (Å²) in [4.78, 5) is 10.9.